The quantitative estimate of drug-likeness (QED) is 0.727. The maximum atomic E-state index is 12.2. The van der Waals surface area contributed by atoms with Crippen LogP contribution in [0.15, 0.2) is 10.6 Å². The lowest BCUT2D eigenvalue weighted by Crippen LogP contribution is -2.49. The number of carbonyl (C=O) groups excluding carboxylic acids is 1. The van der Waals surface area contributed by atoms with Crippen LogP contribution in [0.1, 0.15) is 84.8 Å². The molecule has 0 aromatic carbocycles. The number of oxazole rings is 1. The van der Waals surface area contributed by atoms with Crippen molar-refractivity contribution >= 4 is 6.09 Å². The highest BCUT2D eigenvalue weighted by atomic mass is 16.6. The lowest BCUT2D eigenvalue weighted by Gasteiger charge is -2.51. The second-order valence-corrected chi connectivity index (χ2v) is 9.89. The van der Waals surface area contributed by atoms with Crippen molar-refractivity contribution in [3.63, 3.8) is 0 Å². The van der Waals surface area contributed by atoms with E-state index in [1.807, 2.05) is 31.9 Å². The van der Waals surface area contributed by atoms with Crippen LogP contribution < -0.4 is 0 Å². The van der Waals surface area contributed by atoms with Gasteiger partial charge in [-0.2, -0.15) is 0 Å². The first kappa shape index (κ1) is 18.3. The van der Waals surface area contributed by atoms with Crippen LogP contribution in [0.25, 0.3) is 0 Å². The first-order valence-corrected chi connectivity index (χ1v) is 9.42. The fourth-order valence-electron chi connectivity index (χ4n) is 3.91. The molecule has 1 saturated carbocycles. The molecule has 1 aromatic heterocycles. The van der Waals surface area contributed by atoms with Crippen LogP contribution in [0.5, 0.6) is 0 Å². The minimum Gasteiger partial charge on any atom is -0.445 e. The lowest BCUT2D eigenvalue weighted by atomic mass is 9.57. The number of amides is 1. The highest BCUT2D eigenvalue weighted by molar-refractivity contribution is 5.68. The van der Waals surface area contributed by atoms with Crippen LogP contribution in [0.4, 0.5) is 4.79 Å². The number of aromatic nitrogens is 1. The first-order chi connectivity index (χ1) is 11.5. The minimum absolute atomic E-state index is 0.0432. The second kappa shape index (κ2) is 6.03. The van der Waals surface area contributed by atoms with E-state index in [-0.39, 0.29) is 11.5 Å². The molecule has 0 unspecified atom stereocenters. The monoisotopic (exact) mass is 348 g/mol. The zero-order chi connectivity index (χ0) is 18.5. The predicted molar refractivity (Wildman–Crippen MR) is 96.7 cm³/mol. The molecular formula is C20H32N2O3. The van der Waals surface area contributed by atoms with Gasteiger partial charge < -0.3 is 14.1 Å². The van der Waals surface area contributed by atoms with Crippen molar-refractivity contribution in [2.75, 3.05) is 13.1 Å². The largest absolute Gasteiger partial charge is 0.445 e. The molecule has 140 valence electrons. The Morgan fingerprint density at radius 1 is 1.20 bits per heavy atom. The fraction of sp³-hybridized carbons (Fsp3) is 0.800. The number of hydrogen-bond acceptors (Lipinski definition) is 4. The van der Waals surface area contributed by atoms with Crippen LogP contribution >= 0.6 is 0 Å². The van der Waals surface area contributed by atoms with E-state index in [9.17, 15) is 4.79 Å². The number of likely N-dealkylation sites (tertiary alicyclic amines) is 1. The Morgan fingerprint density at radius 3 is 2.28 bits per heavy atom. The maximum absolute atomic E-state index is 12.2. The van der Waals surface area contributed by atoms with Gasteiger partial charge in [0.2, 0.25) is 0 Å². The molecule has 1 aliphatic carbocycles. The van der Waals surface area contributed by atoms with Crippen molar-refractivity contribution in [1.29, 1.82) is 0 Å². The van der Waals surface area contributed by atoms with Gasteiger partial charge in [-0.25, -0.2) is 9.78 Å². The molecule has 3 rings (SSSR count). The van der Waals surface area contributed by atoms with E-state index < -0.39 is 5.60 Å². The molecule has 1 amide bonds. The molecule has 5 nitrogen and oxygen atoms in total. The normalized spacial score (nSPS) is 21.3. The van der Waals surface area contributed by atoms with Gasteiger partial charge in [-0.1, -0.05) is 20.8 Å². The smallest absolute Gasteiger partial charge is 0.410 e. The van der Waals surface area contributed by atoms with Gasteiger partial charge in [0.25, 0.3) is 0 Å². The van der Waals surface area contributed by atoms with Gasteiger partial charge in [-0.05, 0) is 51.9 Å². The average Bonchev–Trinajstić information content (AvgIpc) is 2.92. The van der Waals surface area contributed by atoms with Gasteiger partial charge in [0.05, 0.1) is 6.20 Å². The Labute approximate surface area is 151 Å². The maximum Gasteiger partial charge on any atom is 0.410 e. The number of rotatable bonds is 1. The molecule has 2 heterocycles. The summed E-state index contributed by atoms with van der Waals surface area (Å²) in [4.78, 5) is 18.5. The topological polar surface area (TPSA) is 55.6 Å². The molecule has 0 bridgehead atoms. The summed E-state index contributed by atoms with van der Waals surface area (Å²) in [5.74, 6) is 2.34. The van der Waals surface area contributed by atoms with Crippen molar-refractivity contribution in [2.45, 2.75) is 84.2 Å². The van der Waals surface area contributed by atoms with Crippen molar-refractivity contribution in [3.05, 3.63) is 17.8 Å². The van der Waals surface area contributed by atoms with E-state index in [1.54, 1.807) is 0 Å². The minimum atomic E-state index is -0.426. The van der Waals surface area contributed by atoms with E-state index in [1.165, 1.54) is 0 Å². The standard InChI is InChI=1S/C20H32N2O3/c1-18(2,3)16-21-13-15(24-16)14-11-20(12-14)7-9-22(10-8-20)17(23)25-19(4,5)6/h13-14H,7-12H2,1-6H3. The average molecular weight is 348 g/mol. The molecule has 1 aliphatic heterocycles. The molecule has 0 N–H and O–H groups in total. The van der Waals surface area contributed by atoms with E-state index in [2.05, 4.69) is 25.8 Å². The summed E-state index contributed by atoms with van der Waals surface area (Å²) in [6.45, 7) is 13.7. The number of hydrogen-bond donors (Lipinski definition) is 0. The molecule has 0 atom stereocenters. The van der Waals surface area contributed by atoms with Crippen molar-refractivity contribution in [3.8, 4) is 0 Å². The molecule has 1 saturated heterocycles. The highest BCUT2D eigenvalue weighted by Gasteiger charge is 2.48. The number of nitrogens with zero attached hydrogens (tertiary/aromatic N) is 2. The third-order valence-electron chi connectivity index (χ3n) is 5.40. The predicted octanol–water partition coefficient (Wildman–Crippen LogP) is 4.87. The number of ether oxygens (including phenoxy) is 1. The molecule has 5 heteroatoms. The van der Waals surface area contributed by atoms with Gasteiger partial charge >= 0.3 is 6.09 Å². The SMILES string of the molecule is CC(C)(C)OC(=O)N1CCC2(CC1)CC(c1cnc(C(C)(C)C)o1)C2. The van der Waals surface area contributed by atoms with Crippen molar-refractivity contribution in [2.24, 2.45) is 5.41 Å². The molecule has 0 radical (unpaired) electrons. The zero-order valence-electron chi connectivity index (χ0n) is 16.5. The third-order valence-corrected chi connectivity index (χ3v) is 5.40. The third kappa shape index (κ3) is 4.01. The Bertz CT molecular complexity index is 620. The van der Waals surface area contributed by atoms with E-state index in [4.69, 9.17) is 9.15 Å². The Hall–Kier alpha value is -1.52. The van der Waals surface area contributed by atoms with Gasteiger partial charge in [0.15, 0.2) is 5.89 Å². The van der Waals surface area contributed by atoms with E-state index in [0.717, 1.165) is 50.4 Å². The Balaban J connectivity index is 1.52. The fourth-order valence-corrected chi connectivity index (χ4v) is 3.91. The van der Waals surface area contributed by atoms with Crippen LogP contribution in [-0.2, 0) is 10.2 Å². The summed E-state index contributed by atoms with van der Waals surface area (Å²) in [6, 6.07) is 0. The summed E-state index contributed by atoms with van der Waals surface area (Å²) in [6.07, 6.45) is 6.14. The summed E-state index contributed by atoms with van der Waals surface area (Å²) in [5.41, 5.74) is -0.0961. The van der Waals surface area contributed by atoms with Gasteiger partial charge in [0, 0.05) is 24.4 Å². The van der Waals surface area contributed by atoms with E-state index >= 15 is 0 Å². The van der Waals surface area contributed by atoms with Crippen LogP contribution in [0.2, 0.25) is 0 Å². The van der Waals surface area contributed by atoms with Gasteiger partial charge in [-0.15, -0.1) is 0 Å². The second-order valence-electron chi connectivity index (χ2n) is 9.89. The van der Waals surface area contributed by atoms with Crippen LogP contribution in [-0.4, -0.2) is 34.7 Å². The molecular weight excluding hydrogens is 316 g/mol. The van der Waals surface area contributed by atoms with Crippen molar-refractivity contribution < 1.29 is 13.9 Å². The van der Waals surface area contributed by atoms with Gasteiger partial charge in [-0.3, -0.25) is 0 Å². The first-order valence-electron chi connectivity index (χ1n) is 9.42. The molecule has 1 spiro atoms. The Morgan fingerprint density at radius 2 is 1.80 bits per heavy atom. The summed E-state index contributed by atoms with van der Waals surface area (Å²) >= 11 is 0. The van der Waals surface area contributed by atoms with E-state index in [0.29, 0.717) is 11.3 Å². The lowest BCUT2D eigenvalue weighted by molar-refractivity contribution is -0.0149. The number of carbonyl (C=O) groups is 1. The summed E-state index contributed by atoms with van der Waals surface area (Å²) in [7, 11) is 0. The highest BCUT2D eigenvalue weighted by Crippen LogP contribution is 2.56. The van der Waals surface area contributed by atoms with Crippen LogP contribution in [0.3, 0.4) is 0 Å². The molecule has 2 fully saturated rings. The Kier molecular flexibility index (Phi) is 4.41. The summed E-state index contributed by atoms with van der Waals surface area (Å²) < 4.78 is 11.5. The summed E-state index contributed by atoms with van der Waals surface area (Å²) in [5, 5.41) is 0. The molecule has 2 aliphatic rings. The zero-order valence-corrected chi connectivity index (χ0v) is 16.5. The van der Waals surface area contributed by atoms with Gasteiger partial charge in [0.1, 0.15) is 11.4 Å². The molecule has 25 heavy (non-hydrogen) atoms. The number of piperidine rings is 1. The molecule has 1 aromatic rings. The van der Waals surface area contributed by atoms with Crippen LogP contribution in [0, 0.1) is 5.41 Å². The van der Waals surface area contributed by atoms with Crippen molar-refractivity contribution in [1.82, 2.24) is 9.88 Å².